The number of piperidine rings is 1. The lowest BCUT2D eigenvalue weighted by atomic mass is 9.91. The summed E-state index contributed by atoms with van der Waals surface area (Å²) in [5.41, 5.74) is 7.20. The van der Waals surface area contributed by atoms with Gasteiger partial charge in [-0.1, -0.05) is 49.5 Å². The van der Waals surface area contributed by atoms with Crippen LogP contribution in [0.1, 0.15) is 38.2 Å². The van der Waals surface area contributed by atoms with Crippen molar-refractivity contribution in [3.8, 4) is 0 Å². The van der Waals surface area contributed by atoms with E-state index in [1.54, 1.807) is 0 Å². The highest BCUT2D eigenvalue weighted by molar-refractivity contribution is 7.80. The van der Waals surface area contributed by atoms with Crippen molar-refractivity contribution in [2.75, 3.05) is 13.1 Å². The first kappa shape index (κ1) is 14.5. The smallest absolute Gasteiger partial charge is 0.0816 e. The molecule has 1 saturated heterocycles. The lowest BCUT2D eigenvalue weighted by molar-refractivity contribution is 0.128. The maximum Gasteiger partial charge on any atom is 0.0816 e. The van der Waals surface area contributed by atoms with Crippen LogP contribution in [-0.2, 0) is 0 Å². The van der Waals surface area contributed by atoms with Crippen molar-refractivity contribution < 1.29 is 0 Å². The molecule has 2 rings (SSSR count). The van der Waals surface area contributed by atoms with E-state index in [0.717, 1.165) is 19.0 Å². The average molecular weight is 276 g/mol. The van der Waals surface area contributed by atoms with Crippen LogP contribution in [0, 0.1) is 5.92 Å². The Morgan fingerprint density at radius 2 is 2.05 bits per heavy atom. The van der Waals surface area contributed by atoms with Crippen LogP contribution in [0.2, 0.25) is 0 Å². The molecule has 0 amide bonds. The molecule has 1 fully saturated rings. The van der Waals surface area contributed by atoms with Crippen LogP contribution in [-0.4, -0.2) is 29.0 Å². The van der Waals surface area contributed by atoms with Gasteiger partial charge in [0, 0.05) is 18.5 Å². The van der Waals surface area contributed by atoms with Gasteiger partial charge in [-0.2, -0.15) is 0 Å². The van der Waals surface area contributed by atoms with Crippen LogP contribution in [0.4, 0.5) is 0 Å². The number of thiocarbonyl (C=S) groups is 1. The van der Waals surface area contributed by atoms with Gasteiger partial charge in [-0.05, 0) is 37.8 Å². The molecule has 0 radical (unpaired) electrons. The SMILES string of the molecule is CC1CCN(CC(C(N)=S)c2ccccc2)C(C)C1. The summed E-state index contributed by atoms with van der Waals surface area (Å²) in [5, 5.41) is 0. The predicted octanol–water partition coefficient (Wildman–Crippen LogP) is 3.18. The Hall–Kier alpha value is -0.930. The molecular weight excluding hydrogens is 252 g/mol. The Morgan fingerprint density at radius 1 is 1.37 bits per heavy atom. The monoisotopic (exact) mass is 276 g/mol. The van der Waals surface area contributed by atoms with Crippen LogP contribution >= 0.6 is 12.2 Å². The highest BCUT2D eigenvalue weighted by atomic mass is 32.1. The van der Waals surface area contributed by atoms with E-state index in [9.17, 15) is 0 Å². The van der Waals surface area contributed by atoms with Crippen LogP contribution in [0.3, 0.4) is 0 Å². The number of likely N-dealkylation sites (tertiary alicyclic amines) is 1. The molecular formula is C16H24N2S. The first-order valence-electron chi connectivity index (χ1n) is 7.16. The summed E-state index contributed by atoms with van der Waals surface area (Å²) in [5.74, 6) is 1.01. The van der Waals surface area contributed by atoms with Gasteiger partial charge >= 0.3 is 0 Å². The van der Waals surface area contributed by atoms with Gasteiger partial charge in [0.1, 0.15) is 0 Å². The summed E-state index contributed by atoms with van der Waals surface area (Å²) in [7, 11) is 0. The van der Waals surface area contributed by atoms with Crippen LogP contribution in [0.15, 0.2) is 30.3 Å². The van der Waals surface area contributed by atoms with Crippen molar-refractivity contribution in [2.45, 2.75) is 38.6 Å². The molecule has 3 atom stereocenters. The molecule has 2 N–H and O–H groups in total. The number of hydrogen-bond donors (Lipinski definition) is 1. The zero-order valence-corrected chi connectivity index (χ0v) is 12.7. The van der Waals surface area contributed by atoms with E-state index in [1.807, 2.05) is 6.07 Å². The molecule has 0 spiro atoms. The van der Waals surface area contributed by atoms with Crippen LogP contribution in [0.25, 0.3) is 0 Å². The zero-order valence-electron chi connectivity index (χ0n) is 11.9. The molecule has 2 nitrogen and oxygen atoms in total. The lowest BCUT2D eigenvalue weighted by Crippen LogP contribution is -2.44. The first-order valence-corrected chi connectivity index (χ1v) is 7.57. The van der Waals surface area contributed by atoms with Gasteiger partial charge in [0.2, 0.25) is 0 Å². The Bertz CT molecular complexity index is 418. The Kier molecular flexibility index (Phi) is 4.94. The van der Waals surface area contributed by atoms with Crippen molar-refractivity contribution in [3.63, 3.8) is 0 Å². The van der Waals surface area contributed by atoms with Crippen molar-refractivity contribution in [3.05, 3.63) is 35.9 Å². The number of benzene rings is 1. The van der Waals surface area contributed by atoms with Crippen molar-refractivity contribution in [2.24, 2.45) is 11.7 Å². The normalized spacial score (nSPS) is 26.0. The maximum atomic E-state index is 5.96. The summed E-state index contributed by atoms with van der Waals surface area (Å²) in [6, 6.07) is 11.0. The molecule has 1 aromatic carbocycles. The summed E-state index contributed by atoms with van der Waals surface area (Å²) in [4.78, 5) is 3.15. The fraction of sp³-hybridized carbons (Fsp3) is 0.562. The van der Waals surface area contributed by atoms with Crippen LogP contribution < -0.4 is 5.73 Å². The van der Waals surface area contributed by atoms with Gasteiger partial charge in [0.25, 0.3) is 0 Å². The summed E-state index contributed by atoms with van der Waals surface area (Å²) < 4.78 is 0. The summed E-state index contributed by atoms with van der Waals surface area (Å²) in [6.07, 6.45) is 2.56. The Balaban J connectivity index is 2.07. The van der Waals surface area contributed by atoms with Gasteiger partial charge in [0.15, 0.2) is 0 Å². The number of hydrogen-bond acceptors (Lipinski definition) is 2. The standard InChI is InChI=1S/C16H24N2S/c1-12-8-9-18(13(2)10-12)11-15(16(17)19)14-6-4-3-5-7-14/h3-7,12-13,15H,8-11H2,1-2H3,(H2,17,19). The first-order chi connectivity index (χ1) is 9.08. The van der Waals surface area contributed by atoms with Gasteiger partial charge in [-0.3, -0.25) is 4.90 Å². The predicted molar refractivity (Wildman–Crippen MR) is 85.4 cm³/mol. The van der Waals surface area contributed by atoms with E-state index >= 15 is 0 Å². The topological polar surface area (TPSA) is 29.3 Å². The minimum atomic E-state index is 0.173. The largest absolute Gasteiger partial charge is 0.393 e. The van der Waals surface area contributed by atoms with E-state index in [0.29, 0.717) is 11.0 Å². The third-order valence-electron chi connectivity index (χ3n) is 4.24. The highest BCUT2D eigenvalue weighted by Gasteiger charge is 2.26. The molecule has 1 aromatic rings. The second kappa shape index (κ2) is 6.49. The molecule has 0 bridgehead atoms. The van der Waals surface area contributed by atoms with Crippen molar-refractivity contribution in [1.29, 1.82) is 0 Å². The maximum absolute atomic E-state index is 5.96. The highest BCUT2D eigenvalue weighted by Crippen LogP contribution is 2.26. The number of nitrogens with zero attached hydrogens (tertiary/aromatic N) is 1. The van der Waals surface area contributed by atoms with Crippen molar-refractivity contribution >= 4 is 17.2 Å². The molecule has 104 valence electrons. The van der Waals surface area contributed by atoms with E-state index < -0.39 is 0 Å². The zero-order chi connectivity index (χ0) is 13.8. The second-order valence-electron chi connectivity index (χ2n) is 5.84. The van der Waals surface area contributed by atoms with Crippen LogP contribution in [0.5, 0.6) is 0 Å². The molecule has 3 unspecified atom stereocenters. The third-order valence-corrected chi connectivity index (χ3v) is 4.52. The quantitative estimate of drug-likeness (QED) is 0.857. The number of nitrogens with two attached hydrogens (primary N) is 1. The molecule has 0 aliphatic carbocycles. The molecule has 0 saturated carbocycles. The fourth-order valence-corrected chi connectivity index (χ4v) is 3.22. The van der Waals surface area contributed by atoms with E-state index in [1.165, 1.54) is 18.4 Å². The summed E-state index contributed by atoms with van der Waals surface area (Å²) >= 11 is 5.28. The molecule has 1 aliphatic heterocycles. The van der Waals surface area contributed by atoms with Gasteiger partial charge in [-0.15, -0.1) is 0 Å². The fourth-order valence-electron chi connectivity index (χ4n) is 3.01. The third kappa shape index (κ3) is 3.77. The van der Waals surface area contributed by atoms with Crippen molar-refractivity contribution in [1.82, 2.24) is 4.90 Å². The second-order valence-corrected chi connectivity index (χ2v) is 6.31. The van der Waals surface area contributed by atoms with E-state index in [2.05, 4.69) is 43.0 Å². The van der Waals surface area contributed by atoms with Gasteiger partial charge < -0.3 is 5.73 Å². The van der Waals surface area contributed by atoms with E-state index in [-0.39, 0.29) is 5.92 Å². The minimum Gasteiger partial charge on any atom is -0.393 e. The van der Waals surface area contributed by atoms with E-state index in [4.69, 9.17) is 18.0 Å². The number of rotatable bonds is 4. The molecule has 3 heteroatoms. The lowest BCUT2D eigenvalue weighted by Gasteiger charge is -2.38. The van der Waals surface area contributed by atoms with Gasteiger partial charge in [0.05, 0.1) is 4.99 Å². The Labute approximate surface area is 122 Å². The average Bonchev–Trinajstić information content (AvgIpc) is 2.38. The minimum absolute atomic E-state index is 0.173. The Morgan fingerprint density at radius 3 is 2.63 bits per heavy atom. The molecule has 1 heterocycles. The van der Waals surface area contributed by atoms with Gasteiger partial charge in [-0.25, -0.2) is 0 Å². The molecule has 0 aromatic heterocycles. The summed E-state index contributed by atoms with van der Waals surface area (Å²) in [6.45, 7) is 6.77. The molecule has 19 heavy (non-hydrogen) atoms. The molecule has 1 aliphatic rings.